The summed E-state index contributed by atoms with van der Waals surface area (Å²) in [5, 5.41) is 4.31. The summed E-state index contributed by atoms with van der Waals surface area (Å²) < 4.78 is 17.3. The first kappa shape index (κ1) is 14.7. The van der Waals surface area contributed by atoms with Gasteiger partial charge in [0.05, 0.1) is 15.9 Å². The molecule has 0 amide bonds. The minimum absolute atomic E-state index is 0.295. The topological polar surface area (TPSA) is 43.8 Å². The quantitative estimate of drug-likeness (QED) is 0.869. The molecule has 1 aromatic carbocycles. The van der Waals surface area contributed by atoms with Crippen LogP contribution in [0.1, 0.15) is 23.0 Å². The van der Waals surface area contributed by atoms with Gasteiger partial charge in [0.15, 0.2) is 0 Å². The Bertz CT molecular complexity index is 590. The number of halogens is 3. The Hall–Kier alpha value is -0.720. The smallest absolute Gasteiger partial charge is 0.129 e. The van der Waals surface area contributed by atoms with Gasteiger partial charge in [-0.3, -0.25) is 4.68 Å². The first-order valence-electron chi connectivity index (χ1n) is 5.79. The summed E-state index contributed by atoms with van der Waals surface area (Å²) in [7, 11) is 1.86. The van der Waals surface area contributed by atoms with Crippen molar-refractivity contribution in [1.82, 2.24) is 9.78 Å². The molecular weight excluding hydrogens is 377 g/mol. The van der Waals surface area contributed by atoms with Crippen LogP contribution in [0.15, 0.2) is 27.1 Å². The Balaban J connectivity index is 2.33. The van der Waals surface area contributed by atoms with Gasteiger partial charge in [0, 0.05) is 29.5 Å². The monoisotopic (exact) mass is 389 g/mol. The molecule has 1 aromatic heterocycles. The van der Waals surface area contributed by atoms with E-state index in [1.807, 2.05) is 14.0 Å². The zero-order chi connectivity index (χ0) is 14.2. The first-order chi connectivity index (χ1) is 8.91. The average Bonchev–Trinajstić information content (AvgIpc) is 2.56. The summed E-state index contributed by atoms with van der Waals surface area (Å²) in [6.45, 7) is 1.91. The van der Waals surface area contributed by atoms with Gasteiger partial charge in [0.1, 0.15) is 5.82 Å². The van der Waals surface area contributed by atoms with Crippen LogP contribution in [0.25, 0.3) is 0 Å². The molecule has 0 saturated carbocycles. The second kappa shape index (κ2) is 5.73. The van der Waals surface area contributed by atoms with Crippen molar-refractivity contribution in [2.24, 2.45) is 12.8 Å². The van der Waals surface area contributed by atoms with Gasteiger partial charge < -0.3 is 5.73 Å². The number of benzene rings is 1. The van der Waals surface area contributed by atoms with Crippen LogP contribution in [0.5, 0.6) is 0 Å². The number of hydrogen-bond donors (Lipinski definition) is 1. The van der Waals surface area contributed by atoms with Gasteiger partial charge in [0.25, 0.3) is 0 Å². The van der Waals surface area contributed by atoms with Crippen LogP contribution in [0.2, 0.25) is 0 Å². The molecule has 0 saturated heterocycles. The molecule has 0 aliphatic carbocycles. The fourth-order valence-corrected chi connectivity index (χ4v) is 3.21. The number of rotatable bonds is 3. The minimum atomic E-state index is -0.429. The first-order valence-corrected chi connectivity index (χ1v) is 7.38. The molecule has 1 heterocycles. The highest BCUT2D eigenvalue weighted by Gasteiger charge is 2.19. The van der Waals surface area contributed by atoms with E-state index in [-0.39, 0.29) is 5.82 Å². The molecule has 0 aliphatic heterocycles. The minimum Gasteiger partial charge on any atom is -0.323 e. The van der Waals surface area contributed by atoms with E-state index in [4.69, 9.17) is 5.73 Å². The molecule has 1 unspecified atom stereocenters. The molecule has 2 aromatic rings. The van der Waals surface area contributed by atoms with E-state index in [1.165, 1.54) is 6.07 Å². The molecule has 19 heavy (non-hydrogen) atoms. The zero-order valence-corrected chi connectivity index (χ0v) is 13.8. The zero-order valence-electron chi connectivity index (χ0n) is 10.6. The molecule has 3 nitrogen and oxygen atoms in total. The standard InChI is InChI=1S/C13H14Br2FN3/c1-7-13(15)11(19(2)18-7)6-10(17)12-8(14)4-3-5-9(12)16/h3-5,10H,6,17H2,1-2H3. The van der Waals surface area contributed by atoms with Gasteiger partial charge in [-0.1, -0.05) is 22.0 Å². The van der Waals surface area contributed by atoms with E-state index < -0.39 is 6.04 Å². The summed E-state index contributed by atoms with van der Waals surface area (Å²) >= 11 is 6.84. The van der Waals surface area contributed by atoms with E-state index in [0.717, 1.165) is 15.9 Å². The summed E-state index contributed by atoms with van der Waals surface area (Å²) in [5.41, 5.74) is 8.50. The van der Waals surface area contributed by atoms with Gasteiger partial charge in [-0.15, -0.1) is 0 Å². The maximum Gasteiger partial charge on any atom is 0.129 e. The van der Waals surface area contributed by atoms with E-state index in [9.17, 15) is 4.39 Å². The fraction of sp³-hybridized carbons (Fsp3) is 0.308. The third kappa shape index (κ3) is 2.90. The lowest BCUT2D eigenvalue weighted by Crippen LogP contribution is -2.17. The SMILES string of the molecule is Cc1nn(C)c(CC(N)c2c(F)cccc2Br)c1Br. The number of aromatic nitrogens is 2. The lowest BCUT2D eigenvalue weighted by Gasteiger charge is -2.15. The van der Waals surface area contributed by atoms with Crippen molar-refractivity contribution < 1.29 is 4.39 Å². The predicted octanol–water partition coefficient (Wildman–Crippen LogP) is 3.64. The lowest BCUT2D eigenvalue weighted by atomic mass is 10.0. The van der Waals surface area contributed by atoms with Gasteiger partial charge in [-0.25, -0.2) is 4.39 Å². The highest BCUT2D eigenvalue weighted by atomic mass is 79.9. The van der Waals surface area contributed by atoms with Crippen molar-refractivity contribution in [2.45, 2.75) is 19.4 Å². The molecule has 102 valence electrons. The maximum atomic E-state index is 13.9. The Morgan fingerprint density at radius 3 is 2.63 bits per heavy atom. The predicted molar refractivity (Wildman–Crippen MR) is 80.4 cm³/mol. The molecule has 0 aliphatic rings. The molecule has 2 N–H and O–H groups in total. The molecule has 0 fully saturated rings. The van der Waals surface area contributed by atoms with Crippen molar-refractivity contribution in [1.29, 1.82) is 0 Å². The molecule has 0 bridgehead atoms. The summed E-state index contributed by atoms with van der Waals surface area (Å²) in [5.74, 6) is -0.295. The summed E-state index contributed by atoms with van der Waals surface area (Å²) in [4.78, 5) is 0. The number of aryl methyl sites for hydroxylation is 2. The third-order valence-corrected chi connectivity index (χ3v) is 4.77. The highest BCUT2D eigenvalue weighted by molar-refractivity contribution is 9.10. The number of nitrogens with zero attached hydrogens (tertiary/aromatic N) is 2. The third-order valence-electron chi connectivity index (χ3n) is 3.05. The molecule has 6 heteroatoms. The van der Waals surface area contributed by atoms with Crippen LogP contribution in [0.4, 0.5) is 4.39 Å². The van der Waals surface area contributed by atoms with Crippen LogP contribution < -0.4 is 5.73 Å². The number of nitrogens with two attached hydrogens (primary N) is 1. The Labute approximate surface area is 128 Å². The Morgan fingerprint density at radius 2 is 2.11 bits per heavy atom. The van der Waals surface area contributed by atoms with E-state index >= 15 is 0 Å². The number of hydrogen-bond acceptors (Lipinski definition) is 2. The molecular formula is C13H14Br2FN3. The summed E-state index contributed by atoms with van der Waals surface area (Å²) in [6.07, 6.45) is 0.511. The van der Waals surface area contributed by atoms with Crippen molar-refractivity contribution in [2.75, 3.05) is 0 Å². The fourth-order valence-electron chi connectivity index (χ4n) is 2.08. The van der Waals surface area contributed by atoms with Gasteiger partial charge >= 0.3 is 0 Å². The molecule has 0 spiro atoms. The van der Waals surface area contributed by atoms with Crippen molar-refractivity contribution in [3.05, 3.63) is 49.9 Å². The van der Waals surface area contributed by atoms with E-state index in [2.05, 4.69) is 37.0 Å². The van der Waals surface area contributed by atoms with Crippen LogP contribution in [0.3, 0.4) is 0 Å². The molecule has 2 rings (SSSR count). The highest BCUT2D eigenvalue weighted by Crippen LogP contribution is 2.29. The molecule has 0 radical (unpaired) electrons. The Morgan fingerprint density at radius 1 is 1.42 bits per heavy atom. The molecule has 1 atom stereocenters. The van der Waals surface area contributed by atoms with E-state index in [1.54, 1.807) is 16.8 Å². The van der Waals surface area contributed by atoms with Crippen LogP contribution in [-0.4, -0.2) is 9.78 Å². The Kier molecular flexibility index (Phi) is 4.43. The second-order valence-electron chi connectivity index (χ2n) is 4.42. The van der Waals surface area contributed by atoms with Gasteiger partial charge in [-0.2, -0.15) is 5.10 Å². The van der Waals surface area contributed by atoms with Gasteiger partial charge in [0.2, 0.25) is 0 Å². The van der Waals surface area contributed by atoms with Crippen LogP contribution in [0, 0.1) is 12.7 Å². The van der Waals surface area contributed by atoms with Crippen LogP contribution >= 0.6 is 31.9 Å². The summed E-state index contributed by atoms with van der Waals surface area (Å²) in [6, 6.07) is 4.44. The van der Waals surface area contributed by atoms with E-state index in [0.29, 0.717) is 16.5 Å². The average molecular weight is 391 g/mol. The largest absolute Gasteiger partial charge is 0.323 e. The van der Waals surface area contributed by atoms with Crippen molar-refractivity contribution in [3.63, 3.8) is 0 Å². The van der Waals surface area contributed by atoms with Crippen molar-refractivity contribution in [3.8, 4) is 0 Å². The lowest BCUT2D eigenvalue weighted by molar-refractivity contribution is 0.566. The van der Waals surface area contributed by atoms with Crippen molar-refractivity contribution >= 4 is 31.9 Å². The second-order valence-corrected chi connectivity index (χ2v) is 6.06. The maximum absolute atomic E-state index is 13.9. The normalized spacial score (nSPS) is 12.7. The van der Waals surface area contributed by atoms with Crippen LogP contribution in [-0.2, 0) is 13.5 Å². The van der Waals surface area contributed by atoms with Gasteiger partial charge in [-0.05, 0) is 35.0 Å².